The third kappa shape index (κ3) is 8.90. The highest BCUT2D eigenvalue weighted by atomic mass is 32.1. The van der Waals surface area contributed by atoms with Gasteiger partial charge >= 0.3 is 0 Å². The van der Waals surface area contributed by atoms with Crippen LogP contribution in [0.2, 0.25) is 0 Å². The molecule has 0 nitrogen and oxygen atoms in total. The third-order valence-corrected chi connectivity index (χ3v) is 2.39. The van der Waals surface area contributed by atoms with Gasteiger partial charge in [-0.3, -0.25) is 0 Å². The topological polar surface area (TPSA) is 0 Å². The Kier molecular flexibility index (Phi) is 9.78. The molecule has 0 heterocycles. The van der Waals surface area contributed by atoms with Crippen LogP contribution in [0.25, 0.3) is 0 Å². The second-order valence-electron chi connectivity index (χ2n) is 3.17. The second kappa shape index (κ2) is 10.3. The maximum atomic E-state index is 4.13. The zero-order valence-electron chi connectivity index (χ0n) is 10.6. The molecule has 0 N–H and O–H groups in total. The number of aryl methyl sites for hydroxylation is 1. The van der Waals surface area contributed by atoms with Crippen molar-refractivity contribution in [2.75, 3.05) is 0 Å². The van der Waals surface area contributed by atoms with E-state index in [0.717, 1.165) is 9.79 Å². The molecular weight excluding hydrogens is 244 g/mol. The Hall–Kier alpha value is -0.860. The molecule has 92 valence electrons. The Morgan fingerprint density at radius 2 is 1.06 bits per heavy atom. The third-order valence-electron chi connectivity index (χ3n) is 1.79. The zero-order chi connectivity index (χ0) is 13.1. The summed E-state index contributed by atoms with van der Waals surface area (Å²) in [6.45, 7) is 6.06. The summed E-state index contributed by atoms with van der Waals surface area (Å²) in [6, 6.07) is 17.8. The summed E-state index contributed by atoms with van der Waals surface area (Å²) < 4.78 is 0. The molecule has 0 bridgehead atoms. The quantitative estimate of drug-likeness (QED) is 0.594. The average molecular weight is 264 g/mol. The first kappa shape index (κ1) is 16.1. The van der Waals surface area contributed by atoms with Crippen molar-refractivity contribution in [3.63, 3.8) is 0 Å². The van der Waals surface area contributed by atoms with Crippen molar-refractivity contribution in [3.8, 4) is 0 Å². The molecule has 2 aromatic carbocycles. The molecule has 0 spiro atoms. The van der Waals surface area contributed by atoms with Gasteiger partial charge in [0.15, 0.2) is 0 Å². The number of thiol groups is 2. The number of hydrogen-bond donors (Lipinski definition) is 2. The summed E-state index contributed by atoms with van der Waals surface area (Å²) in [5.41, 5.74) is 1.28. The van der Waals surface area contributed by atoms with Crippen LogP contribution in [0.15, 0.2) is 64.4 Å². The molecule has 2 rings (SSSR count). The van der Waals surface area contributed by atoms with Gasteiger partial charge < -0.3 is 0 Å². The van der Waals surface area contributed by atoms with Crippen molar-refractivity contribution < 1.29 is 0 Å². The molecule has 0 aromatic heterocycles. The van der Waals surface area contributed by atoms with Crippen LogP contribution in [0.5, 0.6) is 0 Å². The lowest BCUT2D eigenvalue weighted by atomic mass is 10.2. The summed E-state index contributed by atoms with van der Waals surface area (Å²) in [6.07, 6.45) is 0. The molecule has 0 unspecified atom stereocenters. The minimum Gasteiger partial charge on any atom is -0.143 e. The Labute approximate surface area is 116 Å². The van der Waals surface area contributed by atoms with Crippen LogP contribution < -0.4 is 0 Å². The van der Waals surface area contributed by atoms with E-state index in [0.29, 0.717) is 0 Å². The van der Waals surface area contributed by atoms with Gasteiger partial charge in [0.05, 0.1) is 0 Å². The summed E-state index contributed by atoms with van der Waals surface area (Å²) in [4.78, 5) is 2.04. The number of rotatable bonds is 0. The van der Waals surface area contributed by atoms with Crippen molar-refractivity contribution in [2.45, 2.75) is 30.6 Å². The van der Waals surface area contributed by atoms with Crippen molar-refractivity contribution >= 4 is 25.3 Å². The van der Waals surface area contributed by atoms with Crippen molar-refractivity contribution in [2.24, 2.45) is 0 Å². The molecule has 0 saturated heterocycles. The first-order valence-corrected chi connectivity index (χ1v) is 6.57. The Morgan fingerprint density at radius 1 is 0.647 bits per heavy atom. The molecule has 0 atom stereocenters. The molecular formula is C15H20S2. The summed E-state index contributed by atoms with van der Waals surface area (Å²) in [5.74, 6) is 0. The largest absolute Gasteiger partial charge is 0.143 e. The molecule has 0 fully saturated rings. The molecule has 0 amide bonds. The van der Waals surface area contributed by atoms with Gasteiger partial charge in [-0.05, 0) is 31.2 Å². The summed E-state index contributed by atoms with van der Waals surface area (Å²) in [5, 5.41) is 0. The highest BCUT2D eigenvalue weighted by Crippen LogP contribution is 2.05. The fraction of sp³-hybridized carbons (Fsp3) is 0.200. The normalized spacial score (nSPS) is 8.29. The van der Waals surface area contributed by atoms with Crippen molar-refractivity contribution in [1.29, 1.82) is 0 Å². The Morgan fingerprint density at radius 3 is 1.35 bits per heavy atom. The van der Waals surface area contributed by atoms with E-state index in [1.165, 1.54) is 5.56 Å². The first-order valence-electron chi connectivity index (χ1n) is 5.68. The number of hydrogen-bond acceptors (Lipinski definition) is 2. The van der Waals surface area contributed by atoms with E-state index in [2.05, 4.69) is 32.2 Å². The second-order valence-corrected chi connectivity index (χ2v) is 4.20. The van der Waals surface area contributed by atoms with Crippen LogP contribution in [0.4, 0.5) is 0 Å². The van der Waals surface area contributed by atoms with Gasteiger partial charge in [0.25, 0.3) is 0 Å². The Bertz CT molecular complexity index is 358. The molecule has 0 aliphatic rings. The lowest BCUT2D eigenvalue weighted by molar-refractivity contribution is 1.39. The van der Waals surface area contributed by atoms with Gasteiger partial charge in [0.2, 0.25) is 0 Å². The van der Waals surface area contributed by atoms with E-state index < -0.39 is 0 Å². The smallest absolute Gasteiger partial charge is 0.00401 e. The van der Waals surface area contributed by atoms with Crippen LogP contribution >= 0.6 is 25.3 Å². The van der Waals surface area contributed by atoms with Crippen LogP contribution in [0, 0.1) is 6.92 Å². The molecule has 0 radical (unpaired) electrons. The van der Waals surface area contributed by atoms with Crippen LogP contribution in [-0.2, 0) is 0 Å². The lowest BCUT2D eigenvalue weighted by Gasteiger charge is -1.89. The Balaban J connectivity index is 0.000000265. The van der Waals surface area contributed by atoms with Gasteiger partial charge in [0, 0.05) is 9.79 Å². The minimum atomic E-state index is 1.02. The molecule has 0 aliphatic heterocycles. The maximum Gasteiger partial charge on any atom is 0.00401 e. The maximum absolute atomic E-state index is 4.13. The SMILES string of the molecule is CC.Cc1ccc(S)cc1.Sc1ccccc1. The number of benzene rings is 2. The molecule has 0 saturated carbocycles. The van der Waals surface area contributed by atoms with Crippen LogP contribution in [0.3, 0.4) is 0 Å². The highest BCUT2D eigenvalue weighted by molar-refractivity contribution is 7.80. The van der Waals surface area contributed by atoms with Crippen LogP contribution in [0.1, 0.15) is 19.4 Å². The first-order chi connectivity index (χ1) is 8.18. The predicted octanol–water partition coefficient (Wildman–Crippen LogP) is 5.29. The van der Waals surface area contributed by atoms with E-state index >= 15 is 0 Å². The van der Waals surface area contributed by atoms with Gasteiger partial charge in [-0.2, -0.15) is 0 Å². The molecule has 2 heteroatoms. The van der Waals surface area contributed by atoms with Crippen molar-refractivity contribution in [3.05, 3.63) is 60.2 Å². The average Bonchev–Trinajstić information content (AvgIpc) is 2.37. The van der Waals surface area contributed by atoms with E-state index in [1.807, 2.05) is 68.4 Å². The molecule has 0 aliphatic carbocycles. The van der Waals surface area contributed by atoms with Crippen molar-refractivity contribution in [1.82, 2.24) is 0 Å². The fourth-order valence-corrected chi connectivity index (χ4v) is 1.29. The standard InChI is InChI=1S/C7H8S.C6H6S.C2H6/c1-6-2-4-7(8)5-3-6;7-6-4-2-1-3-5-6;1-2/h2-5,8H,1H3;1-5,7H;1-2H3. The lowest BCUT2D eigenvalue weighted by Crippen LogP contribution is -1.67. The van der Waals surface area contributed by atoms with E-state index in [-0.39, 0.29) is 0 Å². The summed E-state index contributed by atoms with van der Waals surface area (Å²) in [7, 11) is 0. The van der Waals surface area contributed by atoms with E-state index in [4.69, 9.17) is 0 Å². The van der Waals surface area contributed by atoms with Crippen LogP contribution in [-0.4, -0.2) is 0 Å². The summed E-state index contributed by atoms with van der Waals surface area (Å²) >= 11 is 8.22. The predicted molar refractivity (Wildman–Crippen MR) is 83.5 cm³/mol. The minimum absolute atomic E-state index is 1.02. The fourth-order valence-electron chi connectivity index (χ4n) is 0.973. The monoisotopic (exact) mass is 264 g/mol. The molecule has 17 heavy (non-hydrogen) atoms. The highest BCUT2D eigenvalue weighted by Gasteiger charge is 1.80. The van der Waals surface area contributed by atoms with Gasteiger partial charge in [-0.25, -0.2) is 0 Å². The van der Waals surface area contributed by atoms with E-state index in [1.54, 1.807) is 0 Å². The molecule has 2 aromatic rings. The zero-order valence-corrected chi connectivity index (χ0v) is 12.4. The van der Waals surface area contributed by atoms with Gasteiger partial charge in [0.1, 0.15) is 0 Å². The van der Waals surface area contributed by atoms with E-state index in [9.17, 15) is 0 Å². The van der Waals surface area contributed by atoms with Gasteiger partial charge in [-0.15, -0.1) is 25.3 Å². The van der Waals surface area contributed by atoms with Gasteiger partial charge in [-0.1, -0.05) is 49.7 Å².